The maximum Gasteiger partial charge on any atom is 0.150 e. The van der Waals surface area contributed by atoms with Crippen LogP contribution in [0.3, 0.4) is 0 Å². The van der Waals surface area contributed by atoms with Crippen LogP contribution in [0.4, 0.5) is 0 Å². The van der Waals surface area contributed by atoms with Gasteiger partial charge in [-0.1, -0.05) is 43.6 Å². The Bertz CT molecular complexity index is 571. The van der Waals surface area contributed by atoms with E-state index in [0.717, 1.165) is 30.0 Å². The van der Waals surface area contributed by atoms with Crippen LogP contribution in [0.25, 0.3) is 0 Å². The molecule has 0 amide bonds. The van der Waals surface area contributed by atoms with Crippen molar-refractivity contribution in [1.82, 2.24) is 5.32 Å². The van der Waals surface area contributed by atoms with Gasteiger partial charge in [-0.25, -0.2) is 8.42 Å². The monoisotopic (exact) mass is 329 g/mol. The molecule has 0 radical (unpaired) electrons. The highest BCUT2D eigenvalue weighted by molar-refractivity contribution is 7.91. The van der Waals surface area contributed by atoms with Gasteiger partial charge in [-0.15, -0.1) is 0 Å². The van der Waals surface area contributed by atoms with Crippen molar-refractivity contribution in [1.29, 1.82) is 0 Å². The van der Waals surface area contributed by atoms with Gasteiger partial charge in [-0.05, 0) is 42.9 Å². The molecular formula is C16H24ClNO2S. The van der Waals surface area contributed by atoms with Crippen LogP contribution in [-0.2, 0) is 16.3 Å². The fraction of sp³-hybridized carbons (Fsp3) is 0.625. The number of nitrogens with one attached hydrogen (secondary N) is 1. The van der Waals surface area contributed by atoms with E-state index in [2.05, 4.69) is 19.2 Å². The lowest BCUT2D eigenvalue weighted by Crippen LogP contribution is -2.34. The minimum Gasteiger partial charge on any atom is -0.314 e. The third kappa shape index (κ3) is 4.97. The number of hydrogen-bond donors (Lipinski definition) is 1. The SMILES string of the molecule is CC(C)NCC(Cc1ccccc1Cl)C1CCS(=O)(=O)C1. The Hall–Kier alpha value is -0.580. The van der Waals surface area contributed by atoms with Crippen LogP contribution in [0.15, 0.2) is 24.3 Å². The topological polar surface area (TPSA) is 46.2 Å². The lowest BCUT2D eigenvalue weighted by molar-refractivity contribution is 0.333. The Labute approximate surface area is 133 Å². The van der Waals surface area contributed by atoms with Gasteiger partial charge >= 0.3 is 0 Å². The van der Waals surface area contributed by atoms with Gasteiger partial charge in [-0.3, -0.25) is 0 Å². The molecule has 1 fully saturated rings. The van der Waals surface area contributed by atoms with Crippen LogP contribution in [0.2, 0.25) is 5.02 Å². The second-order valence-corrected chi connectivity index (χ2v) is 8.92. The molecule has 118 valence electrons. The molecule has 5 heteroatoms. The van der Waals surface area contributed by atoms with Crippen LogP contribution < -0.4 is 5.32 Å². The van der Waals surface area contributed by atoms with Gasteiger partial charge in [0.05, 0.1) is 11.5 Å². The quantitative estimate of drug-likeness (QED) is 0.872. The van der Waals surface area contributed by atoms with E-state index >= 15 is 0 Å². The molecule has 0 aliphatic carbocycles. The molecule has 1 heterocycles. The van der Waals surface area contributed by atoms with Crippen molar-refractivity contribution in [3.05, 3.63) is 34.9 Å². The van der Waals surface area contributed by atoms with Gasteiger partial charge in [0, 0.05) is 11.1 Å². The van der Waals surface area contributed by atoms with Crippen molar-refractivity contribution in [3.8, 4) is 0 Å². The van der Waals surface area contributed by atoms with E-state index in [0.29, 0.717) is 23.5 Å². The Morgan fingerprint density at radius 1 is 1.33 bits per heavy atom. The van der Waals surface area contributed by atoms with Crippen molar-refractivity contribution in [3.63, 3.8) is 0 Å². The zero-order chi connectivity index (χ0) is 15.5. The molecule has 3 nitrogen and oxygen atoms in total. The average molecular weight is 330 g/mol. The van der Waals surface area contributed by atoms with E-state index in [1.807, 2.05) is 24.3 Å². The van der Waals surface area contributed by atoms with Gasteiger partial charge in [0.25, 0.3) is 0 Å². The first-order chi connectivity index (χ1) is 9.87. The first-order valence-electron chi connectivity index (χ1n) is 7.54. The molecule has 0 aromatic heterocycles. The second-order valence-electron chi connectivity index (χ2n) is 6.28. The lowest BCUT2D eigenvalue weighted by atomic mass is 9.86. The van der Waals surface area contributed by atoms with Gasteiger partial charge < -0.3 is 5.32 Å². The van der Waals surface area contributed by atoms with Crippen LogP contribution in [0, 0.1) is 11.8 Å². The van der Waals surface area contributed by atoms with Gasteiger partial charge in [0.15, 0.2) is 9.84 Å². The minimum atomic E-state index is -2.84. The van der Waals surface area contributed by atoms with E-state index in [1.54, 1.807) is 0 Å². The summed E-state index contributed by atoms with van der Waals surface area (Å²) in [6.45, 7) is 5.05. The summed E-state index contributed by atoms with van der Waals surface area (Å²) in [5.41, 5.74) is 1.11. The smallest absolute Gasteiger partial charge is 0.150 e. The number of hydrogen-bond acceptors (Lipinski definition) is 3. The van der Waals surface area contributed by atoms with Gasteiger partial charge in [0.1, 0.15) is 0 Å². The summed E-state index contributed by atoms with van der Waals surface area (Å²) in [6, 6.07) is 8.24. The highest BCUT2D eigenvalue weighted by atomic mass is 35.5. The molecular weight excluding hydrogens is 306 g/mol. The molecule has 1 aliphatic heterocycles. The molecule has 1 N–H and O–H groups in total. The summed E-state index contributed by atoms with van der Waals surface area (Å²) in [4.78, 5) is 0. The summed E-state index contributed by atoms with van der Waals surface area (Å²) < 4.78 is 23.5. The molecule has 2 rings (SSSR count). The van der Waals surface area contributed by atoms with Gasteiger partial charge in [0.2, 0.25) is 0 Å². The van der Waals surface area contributed by atoms with Crippen LogP contribution in [0.5, 0.6) is 0 Å². The molecule has 0 bridgehead atoms. The van der Waals surface area contributed by atoms with E-state index in [9.17, 15) is 8.42 Å². The minimum absolute atomic E-state index is 0.234. The van der Waals surface area contributed by atoms with E-state index in [4.69, 9.17) is 11.6 Å². The first-order valence-corrected chi connectivity index (χ1v) is 9.74. The summed E-state index contributed by atoms with van der Waals surface area (Å²) in [6.07, 6.45) is 1.61. The Balaban J connectivity index is 2.11. The fourth-order valence-electron chi connectivity index (χ4n) is 2.93. The predicted molar refractivity (Wildman–Crippen MR) is 88.5 cm³/mol. The van der Waals surface area contributed by atoms with Crippen molar-refractivity contribution < 1.29 is 8.42 Å². The molecule has 2 unspecified atom stereocenters. The average Bonchev–Trinajstić information content (AvgIpc) is 2.76. The third-order valence-electron chi connectivity index (χ3n) is 4.16. The number of halogens is 1. The molecule has 0 spiro atoms. The number of benzene rings is 1. The van der Waals surface area contributed by atoms with Crippen molar-refractivity contribution >= 4 is 21.4 Å². The molecule has 1 aromatic rings. The largest absolute Gasteiger partial charge is 0.314 e. The van der Waals surface area contributed by atoms with Crippen LogP contribution in [-0.4, -0.2) is 32.5 Å². The number of sulfone groups is 1. The summed E-state index contributed by atoms with van der Waals surface area (Å²) >= 11 is 6.26. The molecule has 1 aliphatic rings. The molecule has 1 aromatic carbocycles. The summed E-state index contributed by atoms with van der Waals surface area (Å²) in [5.74, 6) is 1.20. The normalized spacial score (nSPS) is 22.6. The standard InChI is InChI=1S/C16H24ClNO2S/c1-12(2)18-10-15(14-7-8-21(19,20)11-14)9-13-5-3-4-6-16(13)17/h3-6,12,14-15,18H,7-11H2,1-2H3. The molecule has 0 saturated carbocycles. The van der Waals surface area contributed by atoms with Gasteiger partial charge in [-0.2, -0.15) is 0 Å². The highest BCUT2D eigenvalue weighted by Gasteiger charge is 2.33. The van der Waals surface area contributed by atoms with Crippen molar-refractivity contribution in [2.75, 3.05) is 18.1 Å². The highest BCUT2D eigenvalue weighted by Crippen LogP contribution is 2.30. The van der Waals surface area contributed by atoms with E-state index < -0.39 is 9.84 Å². The number of rotatable bonds is 6. The maximum atomic E-state index is 11.8. The second kappa shape index (κ2) is 7.12. The van der Waals surface area contributed by atoms with E-state index in [-0.39, 0.29) is 5.92 Å². The first kappa shape index (κ1) is 16.8. The van der Waals surface area contributed by atoms with E-state index in [1.165, 1.54) is 0 Å². The fourth-order valence-corrected chi connectivity index (χ4v) is 5.07. The summed E-state index contributed by atoms with van der Waals surface area (Å²) in [7, 11) is -2.84. The molecule has 2 atom stereocenters. The summed E-state index contributed by atoms with van der Waals surface area (Å²) in [5, 5.41) is 4.22. The zero-order valence-electron chi connectivity index (χ0n) is 12.7. The molecule has 21 heavy (non-hydrogen) atoms. The molecule has 1 saturated heterocycles. The zero-order valence-corrected chi connectivity index (χ0v) is 14.3. The van der Waals surface area contributed by atoms with Crippen molar-refractivity contribution in [2.45, 2.75) is 32.7 Å². The Morgan fingerprint density at radius 2 is 2.05 bits per heavy atom. The lowest BCUT2D eigenvalue weighted by Gasteiger charge is -2.25. The van der Waals surface area contributed by atoms with Crippen molar-refractivity contribution in [2.24, 2.45) is 11.8 Å². The predicted octanol–water partition coefficient (Wildman–Crippen LogP) is 2.93. The maximum absolute atomic E-state index is 11.8. The Morgan fingerprint density at radius 3 is 2.62 bits per heavy atom. The van der Waals surface area contributed by atoms with Crippen LogP contribution in [0.1, 0.15) is 25.8 Å². The van der Waals surface area contributed by atoms with Crippen LogP contribution >= 0.6 is 11.6 Å². The third-order valence-corrected chi connectivity index (χ3v) is 6.33. The Kier molecular flexibility index (Phi) is 5.69.